The molecule has 0 unspecified atom stereocenters. The molecule has 0 aliphatic rings. The van der Waals surface area contributed by atoms with Gasteiger partial charge >= 0.3 is 5.97 Å². The quantitative estimate of drug-likeness (QED) is 0.128. The fourth-order valence-corrected chi connectivity index (χ4v) is 4.35. The summed E-state index contributed by atoms with van der Waals surface area (Å²) in [6, 6.07) is 0. The number of imidazole rings is 1. The minimum atomic E-state index is -0.0791. The number of carbonyl (C=O) groups is 1. The van der Waals surface area contributed by atoms with Crippen molar-refractivity contribution < 1.29 is 9.53 Å². The monoisotopic (exact) mass is 434 g/mol. The highest BCUT2D eigenvalue weighted by molar-refractivity contribution is 7.98. The van der Waals surface area contributed by atoms with E-state index in [4.69, 9.17) is 0 Å². The predicted molar refractivity (Wildman–Crippen MR) is 124 cm³/mol. The zero-order chi connectivity index (χ0) is 21.4. The Hall–Kier alpha value is -1.63. The molecule has 168 valence electrons. The first-order valence-corrected chi connectivity index (χ1v) is 12.8. The van der Waals surface area contributed by atoms with E-state index < -0.39 is 0 Å². The van der Waals surface area contributed by atoms with Gasteiger partial charge in [-0.05, 0) is 19.1 Å². The number of aryl methyl sites for hydroxylation is 1. The minimum Gasteiger partial charge on any atom is -0.469 e. The molecular weight excluding hydrogens is 396 g/mol. The van der Waals surface area contributed by atoms with Gasteiger partial charge in [-0.2, -0.15) is 0 Å². The molecular formula is C23H38N4O2S. The fraction of sp³-hybridized carbons (Fsp3) is 0.739. The Balaban J connectivity index is 1.40. The molecule has 0 amide bonds. The highest BCUT2D eigenvalue weighted by Gasteiger charge is 2.09. The van der Waals surface area contributed by atoms with Crippen molar-refractivity contribution in [2.75, 3.05) is 13.4 Å². The summed E-state index contributed by atoms with van der Waals surface area (Å²) in [5.41, 5.74) is 1.88. The summed E-state index contributed by atoms with van der Waals surface area (Å²) in [5, 5.41) is 1.01. The van der Waals surface area contributed by atoms with E-state index in [-0.39, 0.29) is 5.97 Å². The third-order valence-corrected chi connectivity index (χ3v) is 6.26. The first-order valence-electron chi connectivity index (χ1n) is 11.5. The molecule has 7 heteroatoms. The largest absolute Gasteiger partial charge is 0.469 e. The molecule has 6 nitrogen and oxygen atoms in total. The smallest absolute Gasteiger partial charge is 0.305 e. The Morgan fingerprint density at radius 1 is 0.867 bits per heavy atom. The van der Waals surface area contributed by atoms with Crippen LogP contribution in [0.1, 0.15) is 89.9 Å². The van der Waals surface area contributed by atoms with Crippen LogP contribution >= 0.6 is 11.8 Å². The number of hydrogen-bond donors (Lipinski definition) is 0. The molecule has 0 saturated heterocycles. The van der Waals surface area contributed by atoms with E-state index in [0.717, 1.165) is 35.6 Å². The normalized spacial score (nSPS) is 11.3. The molecule has 2 aromatic heterocycles. The number of thioether (sulfide) groups is 1. The maximum absolute atomic E-state index is 11.0. The van der Waals surface area contributed by atoms with Crippen LogP contribution in [0.25, 0.3) is 11.2 Å². The molecule has 2 rings (SSSR count). The molecule has 0 spiro atoms. The lowest BCUT2D eigenvalue weighted by Gasteiger charge is -2.06. The molecule has 0 saturated carbocycles. The van der Waals surface area contributed by atoms with Crippen molar-refractivity contribution in [1.82, 2.24) is 19.5 Å². The number of nitrogens with zero attached hydrogens (tertiary/aromatic N) is 4. The lowest BCUT2D eigenvalue weighted by atomic mass is 10.0. The number of hydrogen-bond acceptors (Lipinski definition) is 6. The summed E-state index contributed by atoms with van der Waals surface area (Å²) < 4.78 is 6.86. The summed E-state index contributed by atoms with van der Waals surface area (Å²) >= 11 is 1.65. The zero-order valence-electron chi connectivity index (χ0n) is 18.8. The number of esters is 1. The van der Waals surface area contributed by atoms with Gasteiger partial charge in [-0.15, -0.1) is 11.8 Å². The van der Waals surface area contributed by atoms with Crippen molar-refractivity contribution >= 4 is 28.9 Å². The van der Waals surface area contributed by atoms with Gasteiger partial charge in [0.1, 0.15) is 16.9 Å². The molecule has 2 heterocycles. The van der Waals surface area contributed by atoms with Gasteiger partial charge in [-0.25, -0.2) is 15.0 Å². The van der Waals surface area contributed by atoms with Gasteiger partial charge in [0.25, 0.3) is 0 Å². The summed E-state index contributed by atoms with van der Waals surface area (Å²) in [4.78, 5) is 24.1. The Morgan fingerprint density at radius 2 is 1.43 bits per heavy atom. The Labute approximate surface area is 185 Å². The van der Waals surface area contributed by atoms with Crippen LogP contribution in [0.15, 0.2) is 17.7 Å². The van der Waals surface area contributed by atoms with Gasteiger partial charge in [0.15, 0.2) is 5.65 Å². The zero-order valence-corrected chi connectivity index (χ0v) is 19.6. The van der Waals surface area contributed by atoms with E-state index in [0.29, 0.717) is 6.42 Å². The number of methoxy groups -OCH3 is 1. The molecule has 0 N–H and O–H groups in total. The standard InChI is InChI=1S/C23H38N4O2S/c1-29-20(28)16-14-12-10-8-6-4-3-5-7-9-11-13-15-17-27-19-26-22-21(27)23(30-2)25-18-24-22/h18-19H,3-17H2,1-2H3. The van der Waals surface area contributed by atoms with Crippen molar-refractivity contribution in [2.24, 2.45) is 0 Å². The van der Waals surface area contributed by atoms with Gasteiger partial charge in [-0.1, -0.05) is 70.6 Å². The topological polar surface area (TPSA) is 69.9 Å². The molecule has 0 radical (unpaired) electrons. The number of rotatable bonds is 17. The Kier molecular flexibility index (Phi) is 12.5. The van der Waals surface area contributed by atoms with Gasteiger partial charge in [-0.3, -0.25) is 4.79 Å². The summed E-state index contributed by atoms with van der Waals surface area (Å²) in [6.45, 7) is 0.997. The van der Waals surface area contributed by atoms with Crippen LogP contribution in [0.5, 0.6) is 0 Å². The van der Waals surface area contributed by atoms with E-state index in [1.54, 1.807) is 18.1 Å². The maximum Gasteiger partial charge on any atom is 0.305 e. The number of fused-ring (bicyclic) bond motifs is 1. The maximum atomic E-state index is 11.0. The summed E-state index contributed by atoms with van der Waals surface area (Å²) in [6.07, 6.45) is 22.7. The van der Waals surface area contributed by atoms with Crippen LogP contribution in [0, 0.1) is 0 Å². The number of carbonyl (C=O) groups excluding carboxylic acids is 1. The first-order chi connectivity index (χ1) is 14.8. The van der Waals surface area contributed by atoms with Crippen LogP contribution in [-0.2, 0) is 16.1 Å². The lowest BCUT2D eigenvalue weighted by Crippen LogP contribution is -1.99. The van der Waals surface area contributed by atoms with Crippen LogP contribution in [0.4, 0.5) is 0 Å². The van der Waals surface area contributed by atoms with Crippen LogP contribution in [-0.4, -0.2) is 38.9 Å². The van der Waals surface area contributed by atoms with Gasteiger partial charge in [0, 0.05) is 13.0 Å². The summed E-state index contributed by atoms with van der Waals surface area (Å²) in [7, 11) is 1.46. The van der Waals surface area contributed by atoms with Crippen molar-refractivity contribution in [3.05, 3.63) is 12.7 Å². The average Bonchev–Trinajstić information content (AvgIpc) is 3.19. The van der Waals surface area contributed by atoms with Crippen molar-refractivity contribution in [3.63, 3.8) is 0 Å². The third kappa shape index (κ3) is 9.02. The molecule has 0 aromatic carbocycles. The molecule has 30 heavy (non-hydrogen) atoms. The minimum absolute atomic E-state index is 0.0791. The molecule has 0 aliphatic carbocycles. The Bertz CT molecular complexity index is 735. The lowest BCUT2D eigenvalue weighted by molar-refractivity contribution is -0.140. The Morgan fingerprint density at radius 3 is 2.00 bits per heavy atom. The van der Waals surface area contributed by atoms with E-state index >= 15 is 0 Å². The van der Waals surface area contributed by atoms with E-state index in [9.17, 15) is 4.79 Å². The number of aromatic nitrogens is 4. The molecule has 0 aliphatic heterocycles. The summed E-state index contributed by atoms with van der Waals surface area (Å²) in [5.74, 6) is -0.0791. The highest BCUT2D eigenvalue weighted by Crippen LogP contribution is 2.22. The second kappa shape index (κ2) is 15.2. The SMILES string of the molecule is COC(=O)CCCCCCCCCCCCCCCn1cnc2ncnc(SC)c21. The van der Waals surface area contributed by atoms with Crippen molar-refractivity contribution in [1.29, 1.82) is 0 Å². The van der Waals surface area contributed by atoms with Crippen molar-refractivity contribution in [3.8, 4) is 0 Å². The second-order valence-electron chi connectivity index (χ2n) is 7.92. The fourth-order valence-electron chi connectivity index (χ4n) is 3.80. The number of unbranched alkanes of at least 4 members (excludes halogenated alkanes) is 12. The second-order valence-corrected chi connectivity index (χ2v) is 8.71. The van der Waals surface area contributed by atoms with E-state index in [2.05, 4.69) is 24.3 Å². The van der Waals surface area contributed by atoms with Gasteiger partial charge < -0.3 is 9.30 Å². The molecule has 0 bridgehead atoms. The van der Waals surface area contributed by atoms with Crippen LogP contribution < -0.4 is 0 Å². The third-order valence-electron chi connectivity index (χ3n) is 5.58. The van der Waals surface area contributed by atoms with Gasteiger partial charge in [0.05, 0.1) is 13.4 Å². The molecule has 0 atom stereocenters. The number of ether oxygens (including phenoxy) is 1. The molecule has 0 fully saturated rings. The van der Waals surface area contributed by atoms with E-state index in [1.807, 2.05) is 12.6 Å². The predicted octanol–water partition coefficient (Wildman–Crippen LogP) is 6.18. The first kappa shape index (κ1) is 24.6. The molecule has 2 aromatic rings. The van der Waals surface area contributed by atoms with Crippen molar-refractivity contribution in [2.45, 2.75) is 101 Å². The average molecular weight is 435 g/mol. The highest BCUT2D eigenvalue weighted by atomic mass is 32.2. The van der Waals surface area contributed by atoms with Crippen LogP contribution in [0.3, 0.4) is 0 Å². The van der Waals surface area contributed by atoms with Gasteiger partial charge in [0.2, 0.25) is 0 Å². The van der Waals surface area contributed by atoms with Crippen LogP contribution in [0.2, 0.25) is 0 Å². The van der Waals surface area contributed by atoms with E-state index in [1.165, 1.54) is 77.7 Å².